The summed E-state index contributed by atoms with van der Waals surface area (Å²) in [7, 11) is 1.39. The lowest BCUT2D eigenvalue weighted by atomic mass is 11.0. The van der Waals surface area contributed by atoms with Gasteiger partial charge in [0.25, 0.3) is 0 Å². The van der Waals surface area contributed by atoms with Crippen LogP contribution in [0.4, 0.5) is 0 Å². The third-order valence-corrected chi connectivity index (χ3v) is 0.742. The van der Waals surface area contributed by atoms with E-state index in [0.29, 0.717) is 0 Å². The predicted octanol–water partition coefficient (Wildman–Crippen LogP) is -0.500. The van der Waals surface area contributed by atoms with E-state index >= 15 is 0 Å². The van der Waals surface area contributed by atoms with Crippen LogP contribution in [0.3, 0.4) is 0 Å². The van der Waals surface area contributed by atoms with Crippen molar-refractivity contribution in [3.8, 4) is 0 Å². The van der Waals surface area contributed by atoms with Crippen molar-refractivity contribution in [3.05, 3.63) is 23.0 Å². The molecule has 8 heavy (non-hydrogen) atoms. The maximum absolute atomic E-state index is 10.3. The van der Waals surface area contributed by atoms with E-state index in [1.165, 1.54) is 19.6 Å². The van der Waals surface area contributed by atoms with Crippen LogP contribution in [0.1, 0.15) is 0 Å². The number of rotatable bonds is 1. The molecule has 1 rings (SSSR count). The van der Waals surface area contributed by atoms with Crippen molar-refractivity contribution in [2.24, 2.45) is 0 Å². The number of nitrogens with zero attached hydrogens (tertiary/aromatic N) is 1. The average Bonchev–Trinajstić information content (AvgIpc) is 2.14. The largest absolute Gasteiger partial charge is 0.452 e. The summed E-state index contributed by atoms with van der Waals surface area (Å²) in [6.45, 7) is 0. The van der Waals surface area contributed by atoms with Gasteiger partial charge in [0.1, 0.15) is 13.4 Å². The highest BCUT2D eigenvalue weighted by molar-refractivity contribution is 4.63. The molecule has 0 unspecified atom stereocenters. The molecule has 0 atom stereocenters. The molecule has 0 N–H and O–H groups in total. The molecule has 0 aliphatic carbocycles. The van der Waals surface area contributed by atoms with E-state index in [4.69, 9.17) is 0 Å². The fraction of sp³-hybridized carbons (Fsp3) is 0.250. The molecule has 1 aromatic rings. The van der Waals surface area contributed by atoms with Crippen molar-refractivity contribution in [1.29, 1.82) is 0 Å². The third-order valence-electron chi connectivity index (χ3n) is 0.742. The fourth-order valence-electron chi connectivity index (χ4n) is 0.392. The van der Waals surface area contributed by atoms with E-state index in [2.05, 4.69) is 9.25 Å². The van der Waals surface area contributed by atoms with Gasteiger partial charge in [0, 0.05) is 0 Å². The zero-order chi connectivity index (χ0) is 5.98. The lowest BCUT2D eigenvalue weighted by Crippen LogP contribution is -2.18. The van der Waals surface area contributed by atoms with Gasteiger partial charge in [-0.1, -0.05) is 0 Å². The van der Waals surface area contributed by atoms with Crippen molar-refractivity contribution in [3.63, 3.8) is 0 Å². The van der Waals surface area contributed by atoms with Crippen LogP contribution in [0.2, 0.25) is 0 Å². The molecule has 0 aliphatic heterocycles. The van der Waals surface area contributed by atoms with E-state index in [9.17, 15) is 4.79 Å². The molecule has 4 nitrogen and oxygen atoms in total. The molecular weight excluding hydrogens is 110 g/mol. The van der Waals surface area contributed by atoms with Gasteiger partial charge in [0.2, 0.25) is 0 Å². The summed E-state index contributed by atoms with van der Waals surface area (Å²) in [6.07, 6.45) is 2.65. The summed E-state index contributed by atoms with van der Waals surface area (Å²) in [6, 6.07) is 0. The van der Waals surface area contributed by atoms with Gasteiger partial charge in [-0.2, -0.15) is 0 Å². The zero-order valence-electron chi connectivity index (χ0n) is 4.33. The van der Waals surface area contributed by atoms with Gasteiger partial charge in [0.15, 0.2) is 0 Å². The monoisotopic (exact) mass is 115 g/mol. The van der Waals surface area contributed by atoms with Crippen molar-refractivity contribution in [2.75, 3.05) is 7.11 Å². The van der Waals surface area contributed by atoms with Crippen molar-refractivity contribution in [2.45, 2.75) is 0 Å². The lowest BCUT2D eigenvalue weighted by molar-refractivity contribution is 0.146. The third kappa shape index (κ3) is 0.598. The first-order valence-electron chi connectivity index (χ1n) is 2.05. The highest BCUT2D eigenvalue weighted by atomic mass is 16.7. The summed E-state index contributed by atoms with van der Waals surface area (Å²) in [5.41, 5.74) is 0. The standard InChI is InChI=1S/C4H5NO3/c1-7-5-2-3-8-4(5)6/h2-3H,1H3. The van der Waals surface area contributed by atoms with E-state index in [1.54, 1.807) is 0 Å². The molecule has 0 amide bonds. The Labute approximate surface area is 45.2 Å². The van der Waals surface area contributed by atoms with Gasteiger partial charge in [-0.25, -0.2) is 4.79 Å². The van der Waals surface area contributed by atoms with Crippen LogP contribution in [0.5, 0.6) is 0 Å². The maximum Gasteiger partial charge on any atom is 0.452 e. The number of aromatic nitrogens is 1. The SMILES string of the molecule is COn1ccoc1=O. The summed E-state index contributed by atoms with van der Waals surface area (Å²) in [5, 5.41) is 0. The normalized spacial score (nSPS) is 9.12. The zero-order valence-corrected chi connectivity index (χ0v) is 4.33. The number of hydrogen-bond donors (Lipinski definition) is 0. The predicted molar refractivity (Wildman–Crippen MR) is 25.5 cm³/mol. The van der Waals surface area contributed by atoms with Crippen LogP contribution < -0.4 is 10.6 Å². The van der Waals surface area contributed by atoms with Gasteiger partial charge in [-0.15, -0.1) is 4.73 Å². The molecule has 4 heteroatoms. The summed E-state index contributed by atoms with van der Waals surface area (Å²) in [5.74, 6) is -0.507. The highest BCUT2D eigenvalue weighted by Gasteiger charge is 1.91. The van der Waals surface area contributed by atoms with Gasteiger partial charge < -0.3 is 9.25 Å². The second-order valence-electron chi connectivity index (χ2n) is 1.18. The van der Waals surface area contributed by atoms with E-state index in [-0.39, 0.29) is 0 Å². The Bertz CT molecular complexity index is 211. The van der Waals surface area contributed by atoms with E-state index in [1.807, 2.05) is 0 Å². The Balaban J connectivity index is 3.11. The number of oxazole rings is 1. The van der Waals surface area contributed by atoms with Gasteiger partial charge >= 0.3 is 5.76 Å². The highest BCUT2D eigenvalue weighted by Crippen LogP contribution is 1.73. The van der Waals surface area contributed by atoms with Crippen molar-refractivity contribution >= 4 is 0 Å². The maximum atomic E-state index is 10.3. The first-order chi connectivity index (χ1) is 3.84. The average molecular weight is 115 g/mol. The molecule has 1 heterocycles. The van der Waals surface area contributed by atoms with Crippen LogP contribution in [0.25, 0.3) is 0 Å². The van der Waals surface area contributed by atoms with Crippen LogP contribution in [-0.4, -0.2) is 11.8 Å². The minimum atomic E-state index is -0.507. The Morgan fingerprint density at radius 2 is 2.62 bits per heavy atom. The molecule has 44 valence electrons. The van der Waals surface area contributed by atoms with Crippen molar-refractivity contribution in [1.82, 2.24) is 4.73 Å². The molecule has 0 aromatic carbocycles. The molecular formula is C4H5NO3. The Hall–Kier alpha value is -1.19. The van der Waals surface area contributed by atoms with Gasteiger partial charge in [0.05, 0.1) is 6.20 Å². The summed E-state index contributed by atoms with van der Waals surface area (Å²) < 4.78 is 5.32. The summed E-state index contributed by atoms with van der Waals surface area (Å²) >= 11 is 0. The minimum absolute atomic E-state index is 0.507. The minimum Gasteiger partial charge on any atom is -0.414 e. The summed E-state index contributed by atoms with van der Waals surface area (Å²) in [4.78, 5) is 14.8. The van der Waals surface area contributed by atoms with Crippen LogP contribution >= 0.6 is 0 Å². The Kier molecular flexibility index (Phi) is 1.07. The molecule has 0 radical (unpaired) electrons. The smallest absolute Gasteiger partial charge is 0.414 e. The fourth-order valence-corrected chi connectivity index (χ4v) is 0.392. The molecule has 0 fully saturated rings. The Morgan fingerprint density at radius 1 is 1.88 bits per heavy atom. The van der Waals surface area contributed by atoms with Crippen LogP contribution in [0, 0.1) is 0 Å². The molecule has 1 aromatic heterocycles. The quantitative estimate of drug-likeness (QED) is 0.495. The number of hydrogen-bond acceptors (Lipinski definition) is 3. The van der Waals surface area contributed by atoms with E-state index < -0.39 is 5.76 Å². The topological polar surface area (TPSA) is 44.4 Å². The van der Waals surface area contributed by atoms with Gasteiger partial charge in [-0.3, -0.25) is 0 Å². The molecule has 0 aliphatic rings. The molecule has 0 bridgehead atoms. The van der Waals surface area contributed by atoms with Gasteiger partial charge in [-0.05, 0) is 0 Å². The first-order valence-corrected chi connectivity index (χ1v) is 2.05. The first kappa shape index (κ1) is 4.96. The molecule has 0 saturated carbocycles. The second kappa shape index (κ2) is 1.73. The molecule has 0 saturated heterocycles. The van der Waals surface area contributed by atoms with Crippen LogP contribution in [-0.2, 0) is 0 Å². The van der Waals surface area contributed by atoms with Crippen LogP contribution in [0.15, 0.2) is 21.7 Å². The molecule has 0 spiro atoms. The van der Waals surface area contributed by atoms with Crippen molar-refractivity contribution < 1.29 is 9.25 Å². The Morgan fingerprint density at radius 3 is 2.88 bits per heavy atom. The second-order valence-corrected chi connectivity index (χ2v) is 1.18. The lowest BCUT2D eigenvalue weighted by Gasteiger charge is -1.90. The van der Waals surface area contributed by atoms with E-state index in [0.717, 1.165) is 4.73 Å².